The summed E-state index contributed by atoms with van der Waals surface area (Å²) in [6.07, 6.45) is 5.68. The number of ether oxygens (including phenoxy) is 3. The van der Waals surface area contributed by atoms with Crippen LogP contribution in [0.1, 0.15) is 49.4 Å². The second-order valence-electron chi connectivity index (χ2n) is 6.23. The van der Waals surface area contributed by atoms with Crippen molar-refractivity contribution in [3.8, 4) is 11.5 Å². The van der Waals surface area contributed by atoms with Crippen LogP contribution in [0.5, 0.6) is 11.5 Å². The van der Waals surface area contributed by atoms with Gasteiger partial charge in [0, 0.05) is 4.47 Å². The second-order valence-corrected chi connectivity index (χ2v) is 7.14. The lowest BCUT2D eigenvalue weighted by Gasteiger charge is -2.09. The van der Waals surface area contributed by atoms with Gasteiger partial charge in [-0.3, -0.25) is 0 Å². The molecule has 0 aliphatic heterocycles. The van der Waals surface area contributed by atoms with Crippen LogP contribution in [0.15, 0.2) is 53.0 Å². The molecule has 0 N–H and O–H groups in total. The first-order chi connectivity index (χ1) is 13.2. The highest BCUT2D eigenvalue weighted by Crippen LogP contribution is 2.17. The van der Waals surface area contributed by atoms with Gasteiger partial charge in [-0.1, -0.05) is 48.5 Å². The Balaban J connectivity index is 1.63. The summed E-state index contributed by atoms with van der Waals surface area (Å²) in [5.41, 5.74) is 0.544. The van der Waals surface area contributed by atoms with Crippen LogP contribution < -0.4 is 9.47 Å². The van der Waals surface area contributed by atoms with Crippen LogP contribution in [-0.4, -0.2) is 25.8 Å². The standard InChI is InChI=1S/C22H27BrO4/c1-2-3-4-5-6-15-27-22(24)18-7-11-20(12-8-18)25-16-17-26-21-13-9-19(23)10-14-21/h7-14H,2-6,15-17H2,1H3. The molecular formula is C22H27BrO4. The minimum Gasteiger partial charge on any atom is -0.490 e. The van der Waals surface area contributed by atoms with E-state index in [4.69, 9.17) is 14.2 Å². The number of benzene rings is 2. The van der Waals surface area contributed by atoms with E-state index >= 15 is 0 Å². The van der Waals surface area contributed by atoms with Crippen molar-refractivity contribution in [2.45, 2.75) is 39.0 Å². The summed E-state index contributed by atoms with van der Waals surface area (Å²) in [4.78, 5) is 12.0. The molecule has 0 aromatic heterocycles. The lowest BCUT2D eigenvalue weighted by molar-refractivity contribution is 0.0497. The molecule has 0 unspecified atom stereocenters. The van der Waals surface area contributed by atoms with Gasteiger partial charge in [-0.05, 0) is 55.0 Å². The molecule has 0 saturated carbocycles. The number of esters is 1. The molecule has 2 rings (SSSR count). The zero-order valence-electron chi connectivity index (χ0n) is 15.8. The van der Waals surface area contributed by atoms with Crippen molar-refractivity contribution in [2.75, 3.05) is 19.8 Å². The van der Waals surface area contributed by atoms with Gasteiger partial charge in [0.2, 0.25) is 0 Å². The van der Waals surface area contributed by atoms with Gasteiger partial charge in [0.15, 0.2) is 0 Å². The van der Waals surface area contributed by atoms with Gasteiger partial charge in [0.05, 0.1) is 12.2 Å². The van der Waals surface area contributed by atoms with Crippen molar-refractivity contribution in [3.05, 3.63) is 58.6 Å². The average Bonchev–Trinajstić information content (AvgIpc) is 2.69. The normalized spacial score (nSPS) is 10.4. The average molecular weight is 435 g/mol. The minimum absolute atomic E-state index is 0.282. The molecule has 0 bridgehead atoms. The van der Waals surface area contributed by atoms with E-state index in [9.17, 15) is 4.79 Å². The lowest BCUT2D eigenvalue weighted by Crippen LogP contribution is -2.09. The second kappa shape index (κ2) is 12.4. The maximum absolute atomic E-state index is 12.0. The Hall–Kier alpha value is -2.01. The molecule has 4 nitrogen and oxygen atoms in total. The summed E-state index contributed by atoms with van der Waals surface area (Å²) in [7, 11) is 0. The third kappa shape index (κ3) is 8.48. The highest BCUT2D eigenvalue weighted by atomic mass is 79.9. The molecule has 27 heavy (non-hydrogen) atoms. The van der Waals surface area contributed by atoms with Crippen molar-refractivity contribution in [3.63, 3.8) is 0 Å². The highest BCUT2D eigenvalue weighted by Gasteiger charge is 2.07. The van der Waals surface area contributed by atoms with Crippen LogP contribution in [0.25, 0.3) is 0 Å². The molecule has 0 spiro atoms. The van der Waals surface area contributed by atoms with Crippen molar-refractivity contribution in [1.82, 2.24) is 0 Å². The van der Waals surface area contributed by atoms with Gasteiger partial charge < -0.3 is 14.2 Å². The number of halogens is 1. The topological polar surface area (TPSA) is 44.8 Å². The highest BCUT2D eigenvalue weighted by molar-refractivity contribution is 9.10. The third-order valence-corrected chi connectivity index (χ3v) is 4.53. The van der Waals surface area contributed by atoms with Crippen molar-refractivity contribution in [1.29, 1.82) is 0 Å². The molecule has 0 fully saturated rings. The van der Waals surface area contributed by atoms with E-state index in [-0.39, 0.29) is 5.97 Å². The molecule has 0 aliphatic rings. The Bertz CT molecular complexity index is 668. The van der Waals surface area contributed by atoms with E-state index in [1.807, 2.05) is 24.3 Å². The molecule has 5 heteroatoms. The van der Waals surface area contributed by atoms with Gasteiger partial charge in [-0.2, -0.15) is 0 Å². The third-order valence-electron chi connectivity index (χ3n) is 4.01. The molecule has 0 radical (unpaired) electrons. The molecule has 0 amide bonds. The Labute approximate surface area is 170 Å². The Kier molecular flexibility index (Phi) is 9.77. The fourth-order valence-corrected chi connectivity index (χ4v) is 2.76. The van der Waals surface area contributed by atoms with Crippen LogP contribution in [0.4, 0.5) is 0 Å². The number of carbonyl (C=O) groups is 1. The number of unbranched alkanes of at least 4 members (excludes halogenated alkanes) is 4. The Morgan fingerprint density at radius 2 is 1.33 bits per heavy atom. The SMILES string of the molecule is CCCCCCCOC(=O)c1ccc(OCCOc2ccc(Br)cc2)cc1. The van der Waals surface area contributed by atoms with E-state index < -0.39 is 0 Å². The zero-order chi connectivity index (χ0) is 19.3. The predicted molar refractivity (Wildman–Crippen MR) is 111 cm³/mol. The Morgan fingerprint density at radius 3 is 1.93 bits per heavy atom. The van der Waals surface area contributed by atoms with E-state index in [0.717, 1.165) is 23.1 Å². The van der Waals surface area contributed by atoms with Gasteiger partial charge in [0.25, 0.3) is 0 Å². The first-order valence-electron chi connectivity index (χ1n) is 9.47. The van der Waals surface area contributed by atoms with Crippen LogP contribution in [0.3, 0.4) is 0 Å². The predicted octanol–water partition coefficient (Wildman–Crippen LogP) is 6.03. The fourth-order valence-electron chi connectivity index (χ4n) is 2.49. The number of hydrogen-bond acceptors (Lipinski definition) is 4. The summed E-state index contributed by atoms with van der Waals surface area (Å²) >= 11 is 3.39. The monoisotopic (exact) mass is 434 g/mol. The van der Waals surface area contributed by atoms with Crippen molar-refractivity contribution in [2.24, 2.45) is 0 Å². The molecule has 146 valence electrons. The molecule has 2 aromatic carbocycles. The summed E-state index contributed by atoms with van der Waals surface area (Å²) in [6.45, 7) is 3.54. The van der Waals surface area contributed by atoms with Gasteiger partial charge in [-0.15, -0.1) is 0 Å². The Morgan fingerprint density at radius 1 is 0.778 bits per heavy atom. The van der Waals surface area contributed by atoms with E-state index in [1.165, 1.54) is 19.3 Å². The summed E-state index contributed by atoms with van der Waals surface area (Å²) in [6, 6.07) is 14.7. The molecular weight excluding hydrogens is 408 g/mol. The molecule has 2 aromatic rings. The minimum atomic E-state index is -0.282. The van der Waals surface area contributed by atoms with Crippen molar-refractivity contribution < 1.29 is 19.0 Å². The molecule has 0 atom stereocenters. The van der Waals surface area contributed by atoms with Crippen LogP contribution in [0, 0.1) is 0 Å². The largest absolute Gasteiger partial charge is 0.490 e. The van der Waals surface area contributed by atoms with E-state index in [0.29, 0.717) is 31.1 Å². The number of rotatable bonds is 12. The molecule has 0 aliphatic carbocycles. The molecule has 0 saturated heterocycles. The van der Waals surface area contributed by atoms with Gasteiger partial charge in [0.1, 0.15) is 24.7 Å². The van der Waals surface area contributed by atoms with E-state index in [1.54, 1.807) is 24.3 Å². The first kappa shape index (κ1) is 21.3. The fraction of sp³-hybridized carbons (Fsp3) is 0.409. The smallest absolute Gasteiger partial charge is 0.338 e. The van der Waals surface area contributed by atoms with Gasteiger partial charge >= 0.3 is 5.97 Å². The summed E-state index contributed by atoms with van der Waals surface area (Å²) < 4.78 is 17.6. The van der Waals surface area contributed by atoms with Gasteiger partial charge in [-0.25, -0.2) is 4.79 Å². The number of hydrogen-bond donors (Lipinski definition) is 0. The summed E-state index contributed by atoms with van der Waals surface area (Å²) in [5.74, 6) is 1.22. The maximum atomic E-state index is 12.0. The van der Waals surface area contributed by atoms with E-state index in [2.05, 4.69) is 22.9 Å². The number of carbonyl (C=O) groups excluding carboxylic acids is 1. The van der Waals surface area contributed by atoms with Crippen LogP contribution >= 0.6 is 15.9 Å². The molecule has 0 heterocycles. The lowest BCUT2D eigenvalue weighted by atomic mass is 10.2. The maximum Gasteiger partial charge on any atom is 0.338 e. The van der Waals surface area contributed by atoms with Crippen LogP contribution in [0.2, 0.25) is 0 Å². The van der Waals surface area contributed by atoms with Crippen molar-refractivity contribution >= 4 is 21.9 Å². The van der Waals surface area contributed by atoms with Crippen LogP contribution in [-0.2, 0) is 4.74 Å². The first-order valence-corrected chi connectivity index (χ1v) is 10.3. The quantitative estimate of drug-likeness (QED) is 0.302. The zero-order valence-corrected chi connectivity index (χ0v) is 17.4. The summed E-state index contributed by atoms with van der Waals surface area (Å²) in [5, 5.41) is 0.